The van der Waals surface area contributed by atoms with Gasteiger partial charge < -0.3 is 15.0 Å². The van der Waals surface area contributed by atoms with Gasteiger partial charge in [-0.15, -0.1) is 0 Å². The van der Waals surface area contributed by atoms with Crippen molar-refractivity contribution in [2.75, 3.05) is 47.4 Å². The molecule has 1 aliphatic heterocycles. The lowest BCUT2D eigenvalue weighted by atomic mass is 10.1. The first-order valence-electron chi connectivity index (χ1n) is 10.9. The summed E-state index contributed by atoms with van der Waals surface area (Å²) in [6.07, 6.45) is 4.33. The SMILES string of the molecule is COc1ccccc1CN1CCN(C(=N)SC(=N)[N+](C)(C)C(=O)NC2CCCC2)CC1. The van der Waals surface area contributed by atoms with Crippen molar-refractivity contribution in [1.82, 2.24) is 15.1 Å². The summed E-state index contributed by atoms with van der Waals surface area (Å²) in [5, 5.41) is 20.5. The number of urea groups is 1. The number of ether oxygens (including phenoxy) is 1. The number of amidine groups is 2. The zero-order valence-corrected chi connectivity index (χ0v) is 19.6. The summed E-state index contributed by atoms with van der Waals surface area (Å²) >= 11 is 1.08. The van der Waals surface area contributed by atoms with Crippen molar-refractivity contribution in [2.45, 2.75) is 38.3 Å². The van der Waals surface area contributed by atoms with Crippen LogP contribution in [-0.2, 0) is 6.54 Å². The van der Waals surface area contributed by atoms with Crippen LogP contribution < -0.4 is 10.1 Å². The van der Waals surface area contributed by atoms with E-state index in [0.717, 1.165) is 81.5 Å². The molecule has 1 aromatic rings. The van der Waals surface area contributed by atoms with E-state index in [2.05, 4.69) is 16.3 Å². The molecule has 1 aromatic carbocycles. The van der Waals surface area contributed by atoms with Gasteiger partial charge in [0.2, 0.25) is 0 Å². The molecule has 8 nitrogen and oxygen atoms in total. The number of carbonyl (C=O) groups is 1. The summed E-state index contributed by atoms with van der Waals surface area (Å²) in [5.41, 5.74) is 1.16. The third kappa shape index (κ3) is 5.99. The maximum atomic E-state index is 12.7. The molecule has 31 heavy (non-hydrogen) atoms. The van der Waals surface area contributed by atoms with Crippen molar-refractivity contribution in [3.63, 3.8) is 0 Å². The van der Waals surface area contributed by atoms with Crippen molar-refractivity contribution in [3.8, 4) is 5.75 Å². The minimum atomic E-state index is -0.183. The van der Waals surface area contributed by atoms with Crippen LogP contribution in [0.2, 0.25) is 0 Å². The van der Waals surface area contributed by atoms with E-state index in [-0.39, 0.29) is 21.7 Å². The Kier molecular flexibility index (Phi) is 7.96. The molecule has 0 atom stereocenters. The summed E-state index contributed by atoms with van der Waals surface area (Å²) < 4.78 is 5.27. The molecule has 0 spiro atoms. The van der Waals surface area contributed by atoms with Crippen molar-refractivity contribution in [3.05, 3.63) is 29.8 Å². The van der Waals surface area contributed by atoms with Gasteiger partial charge in [0.25, 0.3) is 5.17 Å². The lowest BCUT2D eigenvalue weighted by Gasteiger charge is -2.36. The van der Waals surface area contributed by atoms with Gasteiger partial charge in [0.05, 0.1) is 21.2 Å². The number of carbonyl (C=O) groups excluding carboxylic acids is 1. The summed E-state index contributed by atoms with van der Waals surface area (Å²) in [4.78, 5) is 17.0. The number of nitrogens with zero attached hydrogens (tertiary/aromatic N) is 3. The van der Waals surface area contributed by atoms with E-state index in [9.17, 15) is 4.79 Å². The molecular weight excluding hydrogens is 412 g/mol. The molecule has 2 aliphatic rings. The number of hydrogen-bond acceptors (Lipinski definition) is 6. The number of thioether (sulfide) groups is 1. The first-order chi connectivity index (χ1) is 14.8. The topological polar surface area (TPSA) is 92.5 Å². The maximum absolute atomic E-state index is 12.7. The highest BCUT2D eigenvalue weighted by Crippen LogP contribution is 2.23. The molecule has 3 N–H and O–H groups in total. The number of nitrogens with one attached hydrogen (secondary N) is 3. The predicted molar refractivity (Wildman–Crippen MR) is 126 cm³/mol. The van der Waals surface area contributed by atoms with Crippen LogP contribution in [-0.4, -0.2) is 84.1 Å². The Morgan fingerprint density at radius 2 is 1.81 bits per heavy atom. The Hall–Kier alpha value is -2.10. The monoisotopic (exact) mass is 447 g/mol. The molecule has 9 heteroatoms. The van der Waals surface area contributed by atoms with Crippen LogP contribution in [0.3, 0.4) is 0 Å². The van der Waals surface area contributed by atoms with Gasteiger partial charge in [-0.1, -0.05) is 31.0 Å². The van der Waals surface area contributed by atoms with Gasteiger partial charge in [-0.3, -0.25) is 10.3 Å². The number of hydrogen-bond donors (Lipinski definition) is 3. The number of methoxy groups -OCH3 is 1. The van der Waals surface area contributed by atoms with E-state index >= 15 is 0 Å². The minimum absolute atomic E-state index is 0.164. The van der Waals surface area contributed by atoms with E-state index in [4.69, 9.17) is 15.6 Å². The van der Waals surface area contributed by atoms with E-state index in [0.29, 0.717) is 5.17 Å². The van der Waals surface area contributed by atoms with Crippen molar-refractivity contribution >= 4 is 28.1 Å². The Morgan fingerprint density at radius 3 is 2.45 bits per heavy atom. The molecule has 1 heterocycles. The van der Waals surface area contributed by atoms with Crippen LogP contribution in [0.25, 0.3) is 0 Å². The van der Waals surface area contributed by atoms with Crippen molar-refractivity contribution in [1.29, 1.82) is 10.8 Å². The van der Waals surface area contributed by atoms with Gasteiger partial charge in [-0.2, -0.15) is 4.48 Å². The minimum Gasteiger partial charge on any atom is -0.496 e. The molecule has 1 aliphatic carbocycles. The lowest BCUT2D eigenvalue weighted by Crippen LogP contribution is -2.56. The van der Waals surface area contributed by atoms with Crippen molar-refractivity contribution < 1.29 is 14.0 Å². The Balaban J connectivity index is 1.47. The standard InChI is InChI=1S/C22H34N6O2S/c1-28(2,22(29)25-18-9-5-6-10-18)21(24)31-20(23)27-14-12-26(13-15-27)16-17-8-4-7-11-19(17)30-3/h4,7-8,11,18,23-24H,5-6,9-10,12-16H2,1-3H3/p+1. The largest absolute Gasteiger partial charge is 0.496 e. The number of para-hydroxylation sites is 1. The number of amides is 2. The molecule has 3 rings (SSSR count). The van der Waals surface area contributed by atoms with Crippen LogP contribution in [0.4, 0.5) is 4.79 Å². The number of rotatable bonds is 4. The average Bonchev–Trinajstić information content (AvgIpc) is 3.27. The summed E-state index contributed by atoms with van der Waals surface area (Å²) in [7, 11) is 5.13. The molecule has 0 unspecified atom stereocenters. The van der Waals surface area contributed by atoms with Gasteiger partial charge >= 0.3 is 6.03 Å². The fourth-order valence-electron chi connectivity index (χ4n) is 3.95. The molecule has 0 radical (unpaired) electrons. The zero-order valence-electron chi connectivity index (χ0n) is 18.8. The van der Waals surface area contributed by atoms with Gasteiger partial charge in [0.15, 0.2) is 5.17 Å². The molecular formula is C22H35N6O2S+. The fourth-order valence-corrected chi connectivity index (χ4v) is 4.76. The van der Waals surface area contributed by atoms with Crippen LogP contribution in [0, 0.1) is 10.8 Å². The second-order valence-corrected chi connectivity index (χ2v) is 9.65. The Morgan fingerprint density at radius 1 is 1.16 bits per heavy atom. The van der Waals surface area contributed by atoms with Crippen molar-refractivity contribution in [2.24, 2.45) is 0 Å². The average molecular weight is 448 g/mol. The molecule has 1 saturated carbocycles. The smallest absolute Gasteiger partial charge is 0.423 e. The summed E-state index contributed by atoms with van der Waals surface area (Å²) in [6, 6.07) is 8.11. The summed E-state index contributed by atoms with van der Waals surface area (Å²) in [6.45, 7) is 3.97. The van der Waals surface area contributed by atoms with E-state index in [1.807, 2.05) is 23.1 Å². The zero-order chi connectivity index (χ0) is 22.4. The predicted octanol–water partition coefficient (Wildman–Crippen LogP) is 3.14. The van der Waals surface area contributed by atoms with E-state index in [1.165, 1.54) is 0 Å². The van der Waals surface area contributed by atoms with Crippen LogP contribution in [0.1, 0.15) is 31.2 Å². The Labute approximate surface area is 189 Å². The molecule has 2 fully saturated rings. The number of piperazine rings is 1. The lowest BCUT2D eigenvalue weighted by molar-refractivity contribution is -0.708. The Bertz CT molecular complexity index is 801. The maximum Gasteiger partial charge on any atom is 0.423 e. The number of benzene rings is 1. The molecule has 1 saturated heterocycles. The van der Waals surface area contributed by atoms with Crippen LogP contribution in [0.5, 0.6) is 5.75 Å². The first-order valence-corrected chi connectivity index (χ1v) is 11.7. The molecule has 170 valence electrons. The van der Waals surface area contributed by atoms with E-state index < -0.39 is 0 Å². The first kappa shape index (κ1) is 23.6. The van der Waals surface area contributed by atoms with Gasteiger partial charge in [0, 0.05) is 56.1 Å². The van der Waals surface area contributed by atoms with Crippen LogP contribution in [0.15, 0.2) is 24.3 Å². The fraction of sp³-hybridized carbons (Fsp3) is 0.591. The normalized spacial score (nSPS) is 18.1. The third-order valence-electron chi connectivity index (χ3n) is 6.14. The third-order valence-corrected chi connectivity index (χ3v) is 7.24. The second-order valence-electron chi connectivity index (χ2n) is 8.67. The highest BCUT2D eigenvalue weighted by Gasteiger charge is 2.36. The molecule has 2 amide bonds. The van der Waals surface area contributed by atoms with Crippen LogP contribution >= 0.6 is 11.8 Å². The molecule has 0 aromatic heterocycles. The van der Waals surface area contributed by atoms with E-state index in [1.54, 1.807) is 21.2 Å². The number of quaternary nitrogens is 1. The quantitative estimate of drug-likeness (QED) is 0.375. The van der Waals surface area contributed by atoms with Gasteiger partial charge in [0.1, 0.15) is 5.75 Å². The van der Waals surface area contributed by atoms with Gasteiger partial charge in [-0.25, -0.2) is 10.2 Å². The molecule has 0 bridgehead atoms. The van der Waals surface area contributed by atoms with Gasteiger partial charge in [-0.05, 0) is 18.9 Å². The highest BCUT2D eigenvalue weighted by molar-refractivity contribution is 8.25. The second kappa shape index (κ2) is 10.5. The highest BCUT2D eigenvalue weighted by atomic mass is 32.2. The summed E-state index contributed by atoms with van der Waals surface area (Å²) in [5.74, 6) is 0.901.